The van der Waals surface area contributed by atoms with Crippen LogP contribution in [0, 0.1) is 19.8 Å². The Morgan fingerprint density at radius 2 is 1.94 bits per heavy atom. The Labute approximate surface area is 112 Å². The molecule has 1 aromatic rings. The number of hydrogen-bond donors (Lipinski definition) is 1. The summed E-state index contributed by atoms with van der Waals surface area (Å²) in [5, 5.41) is 3.71. The van der Waals surface area contributed by atoms with E-state index in [1.165, 1.54) is 30.4 Å². The van der Waals surface area contributed by atoms with Crippen LogP contribution in [0.15, 0.2) is 18.2 Å². The van der Waals surface area contributed by atoms with E-state index in [1.807, 2.05) is 0 Å². The number of hydrogen-bond acceptors (Lipinski definition) is 1. The second-order valence-corrected chi connectivity index (χ2v) is 5.95. The predicted octanol–water partition coefficient (Wildman–Crippen LogP) is 4.19. The molecule has 18 heavy (non-hydrogen) atoms. The van der Waals surface area contributed by atoms with Gasteiger partial charge in [-0.3, -0.25) is 0 Å². The Kier molecular flexibility index (Phi) is 4.45. The van der Waals surface area contributed by atoms with Crippen LogP contribution < -0.4 is 5.32 Å². The minimum absolute atomic E-state index is 0.719. The average Bonchev–Trinajstić information content (AvgIpc) is 2.72. The van der Waals surface area contributed by atoms with E-state index in [9.17, 15) is 0 Å². The number of aryl methyl sites for hydroxylation is 2. The van der Waals surface area contributed by atoms with Gasteiger partial charge in [0.15, 0.2) is 0 Å². The molecule has 0 heterocycles. The lowest BCUT2D eigenvalue weighted by Crippen LogP contribution is -2.32. The molecule has 0 aliphatic heterocycles. The van der Waals surface area contributed by atoms with Crippen molar-refractivity contribution in [2.24, 2.45) is 5.92 Å². The van der Waals surface area contributed by atoms with Gasteiger partial charge in [0.2, 0.25) is 0 Å². The first-order chi connectivity index (χ1) is 8.63. The Hall–Kier alpha value is -0.820. The zero-order valence-electron chi connectivity index (χ0n) is 12.3. The summed E-state index contributed by atoms with van der Waals surface area (Å²) in [6.45, 7) is 10.2. The van der Waals surface area contributed by atoms with Crippen molar-refractivity contribution < 1.29 is 0 Å². The highest BCUT2D eigenvalue weighted by atomic mass is 14.9. The molecule has 0 saturated heterocycles. The van der Waals surface area contributed by atoms with E-state index in [2.05, 4.69) is 51.2 Å². The SMILES string of the molecule is CCCNC1CCC(c2ccc(C)c(C)c2)C1C. The van der Waals surface area contributed by atoms with Gasteiger partial charge in [0, 0.05) is 6.04 Å². The van der Waals surface area contributed by atoms with Crippen molar-refractivity contribution in [1.82, 2.24) is 5.32 Å². The summed E-state index contributed by atoms with van der Waals surface area (Å²) >= 11 is 0. The normalized spacial score (nSPS) is 27.7. The van der Waals surface area contributed by atoms with E-state index in [4.69, 9.17) is 0 Å². The molecular formula is C17H27N. The molecule has 0 amide bonds. The van der Waals surface area contributed by atoms with Crippen LogP contribution in [-0.2, 0) is 0 Å². The molecule has 3 atom stereocenters. The van der Waals surface area contributed by atoms with Crippen LogP contribution >= 0.6 is 0 Å². The highest BCUT2D eigenvalue weighted by Crippen LogP contribution is 2.39. The summed E-state index contributed by atoms with van der Waals surface area (Å²) < 4.78 is 0. The molecule has 3 unspecified atom stereocenters. The zero-order valence-corrected chi connectivity index (χ0v) is 12.3. The third-order valence-electron chi connectivity index (χ3n) is 4.67. The maximum atomic E-state index is 3.71. The molecule has 1 N–H and O–H groups in total. The minimum atomic E-state index is 0.719. The summed E-state index contributed by atoms with van der Waals surface area (Å²) in [7, 11) is 0. The lowest BCUT2D eigenvalue weighted by Gasteiger charge is -2.22. The zero-order chi connectivity index (χ0) is 13.1. The maximum absolute atomic E-state index is 3.71. The maximum Gasteiger partial charge on any atom is 0.00987 e. The molecule has 1 aromatic carbocycles. The lowest BCUT2D eigenvalue weighted by molar-refractivity contribution is 0.404. The van der Waals surface area contributed by atoms with Gasteiger partial charge in [-0.05, 0) is 68.2 Å². The molecule has 0 spiro atoms. The highest BCUT2D eigenvalue weighted by molar-refractivity contribution is 5.33. The van der Waals surface area contributed by atoms with Crippen molar-refractivity contribution in [2.45, 2.75) is 58.9 Å². The molecule has 1 aliphatic carbocycles. The number of rotatable bonds is 4. The minimum Gasteiger partial charge on any atom is -0.314 e. The fourth-order valence-corrected chi connectivity index (χ4v) is 3.25. The topological polar surface area (TPSA) is 12.0 Å². The van der Waals surface area contributed by atoms with E-state index < -0.39 is 0 Å². The predicted molar refractivity (Wildman–Crippen MR) is 79.1 cm³/mol. The van der Waals surface area contributed by atoms with Crippen molar-refractivity contribution in [3.63, 3.8) is 0 Å². The molecule has 2 rings (SSSR count). The fourth-order valence-electron chi connectivity index (χ4n) is 3.25. The van der Waals surface area contributed by atoms with Gasteiger partial charge in [-0.2, -0.15) is 0 Å². The van der Waals surface area contributed by atoms with Crippen molar-refractivity contribution >= 4 is 0 Å². The quantitative estimate of drug-likeness (QED) is 0.839. The smallest absolute Gasteiger partial charge is 0.00987 e. The lowest BCUT2D eigenvalue weighted by atomic mass is 9.87. The summed E-state index contributed by atoms with van der Waals surface area (Å²) in [5.74, 6) is 1.51. The molecule has 1 nitrogen and oxygen atoms in total. The van der Waals surface area contributed by atoms with Crippen LogP contribution in [0.4, 0.5) is 0 Å². The van der Waals surface area contributed by atoms with Crippen molar-refractivity contribution in [3.8, 4) is 0 Å². The van der Waals surface area contributed by atoms with Crippen LogP contribution in [-0.4, -0.2) is 12.6 Å². The third-order valence-corrected chi connectivity index (χ3v) is 4.67. The summed E-state index contributed by atoms with van der Waals surface area (Å²) in [6.07, 6.45) is 3.90. The first kappa shape index (κ1) is 13.6. The first-order valence-corrected chi connectivity index (χ1v) is 7.44. The van der Waals surface area contributed by atoms with Crippen molar-refractivity contribution in [3.05, 3.63) is 34.9 Å². The van der Waals surface area contributed by atoms with E-state index >= 15 is 0 Å². The largest absolute Gasteiger partial charge is 0.314 e. The van der Waals surface area contributed by atoms with Crippen LogP contribution in [0.2, 0.25) is 0 Å². The molecule has 1 saturated carbocycles. The van der Waals surface area contributed by atoms with Gasteiger partial charge in [-0.15, -0.1) is 0 Å². The summed E-state index contributed by atoms with van der Waals surface area (Å²) in [6, 6.07) is 7.74. The van der Waals surface area contributed by atoms with E-state index in [1.54, 1.807) is 5.56 Å². The van der Waals surface area contributed by atoms with Gasteiger partial charge >= 0.3 is 0 Å². The summed E-state index contributed by atoms with van der Waals surface area (Å²) in [5.41, 5.74) is 4.39. The van der Waals surface area contributed by atoms with E-state index in [0.717, 1.165) is 24.4 Å². The average molecular weight is 245 g/mol. The Morgan fingerprint density at radius 1 is 1.17 bits per heavy atom. The molecule has 1 fully saturated rings. The van der Waals surface area contributed by atoms with Gasteiger partial charge in [0.05, 0.1) is 0 Å². The molecular weight excluding hydrogens is 218 g/mol. The fraction of sp³-hybridized carbons (Fsp3) is 0.647. The molecule has 0 bridgehead atoms. The molecule has 0 aromatic heterocycles. The Balaban J connectivity index is 2.08. The molecule has 0 radical (unpaired) electrons. The second kappa shape index (κ2) is 5.88. The highest BCUT2D eigenvalue weighted by Gasteiger charge is 2.33. The Bertz CT molecular complexity index is 397. The molecule has 1 heteroatoms. The Morgan fingerprint density at radius 3 is 2.61 bits per heavy atom. The monoisotopic (exact) mass is 245 g/mol. The van der Waals surface area contributed by atoms with Crippen LogP contribution in [0.3, 0.4) is 0 Å². The van der Waals surface area contributed by atoms with Crippen LogP contribution in [0.25, 0.3) is 0 Å². The summed E-state index contributed by atoms with van der Waals surface area (Å²) in [4.78, 5) is 0. The second-order valence-electron chi connectivity index (χ2n) is 5.95. The van der Waals surface area contributed by atoms with Gasteiger partial charge in [0.25, 0.3) is 0 Å². The van der Waals surface area contributed by atoms with E-state index in [-0.39, 0.29) is 0 Å². The van der Waals surface area contributed by atoms with Gasteiger partial charge < -0.3 is 5.32 Å². The van der Waals surface area contributed by atoms with Gasteiger partial charge in [-0.25, -0.2) is 0 Å². The first-order valence-electron chi connectivity index (χ1n) is 7.44. The van der Waals surface area contributed by atoms with Crippen molar-refractivity contribution in [1.29, 1.82) is 0 Å². The number of nitrogens with one attached hydrogen (secondary N) is 1. The van der Waals surface area contributed by atoms with Gasteiger partial charge in [0.1, 0.15) is 0 Å². The van der Waals surface area contributed by atoms with Gasteiger partial charge in [-0.1, -0.05) is 32.0 Å². The number of benzene rings is 1. The molecule has 100 valence electrons. The van der Waals surface area contributed by atoms with Crippen LogP contribution in [0.5, 0.6) is 0 Å². The van der Waals surface area contributed by atoms with E-state index in [0.29, 0.717) is 0 Å². The van der Waals surface area contributed by atoms with Crippen molar-refractivity contribution in [2.75, 3.05) is 6.54 Å². The molecule has 1 aliphatic rings. The third kappa shape index (κ3) is 2.77. The standard InChI is InChI=1S/C17H27N/c1-5-10-18-17-9-8-16(14(17)4)15-7-6-12(2)13(3)11-15/h6-7,11,14,16-18H,5,8-10H2,1-4H3. The van der Waals surface area contributed by atoms with Crippen LogP contribution in [0.1, 0.15) is 55.7 Å².